The van der Waals surface area contributed by atoms with E-state index in [0.29, 0.717) is 11.7 Å². The fraction of sp³-hybridized carbons (Fsp3) is 0.190. The van der Waals surface area contributed by atoms with E-state index in [9.17, 15) is 4.79 Å². The normalized spacial score (nSPS) is 10.5. The van der Waals surface area contributed by atoms with E-state index >= 15 is 0 Å². The second-order valence-electron chi connectivity index (χ2n) is 6.59. The van der Waals surface area contributed by atoms with Gasteiger partial charge in [-0.05, 0) is 18.1 Å². The average Bonchev–Trinajstić information content (AvgIpc) is 2.69. The number of aromatic nitrogens is 2. The largest absolute Gasteiger partial charge is 0.511 e. The summed E-state index contributed by atoms with van der Waals surface area (Å²) >= 11 is 0. The first-order valence-electron chi connectivity index (χ1n) is 8.96. The van der Waals surface area contributed by atoms with Crippen molar-refractivity contribution in [3.05, 3.63) is 60.8 Å². The first-order valence-corrected chi connectivity index (χ1v) is 8.96. The van der Waals surface area contributed by atoms with Gasteiger partial charge in [-0.15, -0.1) is 0 Å². The molecule has 7 nitrogen and oxygen atoms in total. The smallest absolute Gasteiger partial charge is 0.449 e. The Bertz CT molecular complexity index is 945. The van der Waals surface area contributed by atoms with Crippen molar-refractivity contribution in [1.82, 2.24) is 9.97 Å². The molecule has 3 rings (SSSR count). The molecule has 28 heavy (non-hydrogen) atoms. The summed E-state index contributed by atoms with van der Waals surface area (Å²) in [7, 11) is 0. The molecule has 0 saturated carbocycles. The van der Waals surface area contributed by atoms with Gasteiger partial charge in [0, 0.05) is 12.1 Å². The topological polar surface area (TPSA) is 96.4 Å². The van der Waals surface area contributed by atoms with Crippen molar-refractivity contribution in [2.75, 3.05) is 17.2 Å². The first kappa shape index (κ1) is 19.2. The van der Waals surface area contributed by atoms with E-state index in [-0.39, 0.29) is 11.6 Å². The fourth-order valence-corrected chi connectivity index (χ4v) is 2.54. The molecule has 0 fully saturated rings. The third-order valence-corrected chi connectivity index (χ3v) is 3.87. The van der Waals surface area contributed by atoms with Gasteiger partial charge < -0.3 is 20.5 Å². The Hall–Kier alpha value is -3.61. The summed E-state index contributed by atoms with van der Waals surface area (Å²) in [4.78, 5) is 19.8. The van der Waals surface area contributed by atoms with Crippen LogP contribution in [0.25, 0.3) is 11.4 Å². The first-order chi connectivity index (χ1) is 13.5. The van der Waals surface area contributed by atoms with Crippen LogP contribution in [0.2, 0.25) is 0 Å². The van der Waals surface area contributed by atoms with Gasteiger partial charge in [0.1, 0.15) is 0 Å². The molecule has 0 spiro atoms. The van der Waals surface area contributed by atoms with Gasteiger partial charge in [-0.25, -0.2) is 14.8 Å². The molecule has 0 unspecified atom stereocenters. The summed E-state index contributed by atoms with van der Waals surface area (Å²) in [6.45, 7) is 5.05. The van der Waals surface area contributed by atoms with Crippen LogP contribution in [0, 0.1) is 5.92 Å². The lowest BCUT2D eigenvalue weighted by atomic mass is 10.2. The van der Waals surface area contributed by atoms with Crippen molar-refractivity contribution in [3.63, 3.8) is 0 Å². The highest BCUT2D eigenvalue weighted by Crippen LogP contribution is 2.31. The Morgan fingerprint density at radius 3 is 2.43 bits per heavy atom. The van der Waals surface area contributed by atoms with E-state index in [1.54, 1.807) is 0 Å². The zero-order valence-corrected chi connectivity index (χ0v) is 15.7. The molecule has 0 aliphatic heterocycles. The Labute approximate surface area is 163 Å². The Balaban J connectivity index is 1.96. The van der Waals surface area contributed by atoms with E-state index in [4.69, 9.17) is 9.84 Å². The second-order valence-corrected chi connectivity index (χ2v) is 6.59. The predicted molar refractivity (Wildman–Crippen MR) is 109 cm³/mol. The molecule has 3 N–H and O–H groups in total. The number of anilines is 3. The van der Waals surface area contributed by atoms with Gasteiger partial charge in [0.15, 0.2) is 17.4 Å². The highest BCUT2D eigenvalue weighted by atomic mass is 16.7. The molecule has 7 heteroatoms. The van der Waals surface area contributed by atoms with Gasteiger partial charge in [-0.3, -0.25) is 0 Å². The van der Waals surface area contributed by atoms with Crippen molar-refractivity contribution in [2.45, 2.75) is 13.8 Å². The van der Waals surface area contributed by atoms with Crippen molar-refractivity contribution in [3.8, 4) is 17.1 Å². The number of rotatable bonds is 7. The molecule has 1 heterocycles. The number of para-hydroxylation sites is 2. The molecular formula is C21H22N4O3. The quantitative estimate of drug-likeness (QED) is 0.497. The Kier molecular flexibility index (Phi) is 6.06. The maximum atomic E-state index is 11.1. The fourth-order valence-electron chi connectivity index (χ4n) is 2.54. The molecule has 0 aliphatic rings. The monoisotopic (exact) mass is 378 g/mol. The van der Waals surface area contributed by atoms with Crippen LogP contribution < -0.4 is 15.4 Å². The number of hydrogen-bond acceptors (Lipinski definition) is 6. The lowest BCUT2D eigenvalue weighted by Crippen LogP contribution is -2.11. The molecule has 1 aromatic heterocycles. The second kappa shape index (κ2) is 8.85. The number of nitrogens with one attached hydrogen (secondary N) is 2. The van der Waals surface area contributed by atoms with Crippen molar-refractivity contribution < 1.29 is 14.6 Å². The number of carboxylic acid groups (broad SMARTS) is 1. The standard InChI is InChI=1S/C21H22N4O3/c1-14(2)12-22-16-10-6-7-11-17(16)24-20-18(28-21(26)27)13-23-19(25-20)15-8-4-3-5-9-15/h3-11,13-14,22H,12H2,1-2H3,(H,26,27)(H,23,24,25). The van der Waals surface area contributed by atoms with E-state index in [1.807, 2.05) is 54.6 Å². The van der Waals surface area contributed by atoms with Gasteiger partial charge in [0.2, 0.25) is 0 Å². The minimum Gasteiger partial charge on any atom is -0.449 e. The van der Waals surface area contributed by atoms with Gasteiger partial charge >= 0.3 is 6.16 Å². The Morgan fingerprint density at radius 2 is 1.75 bits per heavy atom. The molecule has 0 bridgehead atoms. The molecule has 0 amide bonds. The average molecular weight is 378 g/mol. The zero-order chi connectivity index (χ0) is 19.9. The lowest BCUT2D eigenvalue weighted by Gasteiger charge is -2.16. The molecule has 3 aromatic rings. The number of hydrogen-bond donors (Lipinski definition) is 3. The minimum atomic E-state index is -1.43. The number of ether oxygens (including phenoxy) is 1. The molecule has 0 aliphatic carbocycles. The van der Waals surface area contributed by atoms with E-state index < -0.39 is 6.16 Å². The van der Waals surface area contributed by atoms with Crippen molar-refractivity contribution in [2.24, 2.45) is 5.92 Å². The van der Waals surface area contributed by atoms with Crippen LogP contribution in [0.15, 0.2) is 60.8 Å². The van der Waals surface area contributed by atoms with Crippen LogP contribution >= 0.6 is 0 Å². The molecule has 2 aromatic carbocycles. The maximum absolute atomic E-state index is 11.1. The summed E-state index contributed by atoms with van der Waals surface area (Å²) in [5, 5.41) is 15.6. The van der Waals surface area contributed by atoms with Crippen LogP contribution in [0.3, 0.4) is 0 Å². The van der Waals surface area contributed by atoms with Crippen LogP contribution in [-0.2, 0) is 0 Å². The Morgan fingerprint density at radius 1 is 1.07 bits per heavy atom. The van der Waals surface area contributed by atoms with Gasteiger partial charge in [-0.2, -0.15) is 0 Å². The van der Waals surface area contributed by atoms with Gasteiger partial charge in [0.05, 0.1) is 17.6 Å². The molecule has 0 radical (unpaired) electrons. The van der Waals surface area contributed by atoms with Gasteiger partial charge in [-0.1, -0.05) is 56.3 Å². The number of carbonyl (C=O) groups is 1. The zero-order valence-electron chi connectivity index (χ0n) is 15.7. The van der Waals surface area contributed by atoms with Crippen LogP contribution in [0.4, 0.5) is 22.0 Å². The number of benzene rings is 2. The van der Waals surface area contributed by atoms with Crippen LogP contribution in [0.5, 0.6) is 5.75 Å². The molecular weight excluding hydrogens is 356 g/mol. The van der Waals surface area contributed by atoms with Crippen molar-refractivity contribution >= 4 is 23.3 Å². The SMILES string of the molecule is CC(C)CNc1ccccc1Nc1nc(-c2ccccc2)ncc1OC(=O)O. The molecule has 0 atom stereocenters. The summed E-state index contributed by atoms with van der Waals surface area (Å²) in [5.74, 6) is 1.25. The van der Waals surface area contributed by atoms with Crippen LogP contribution in [0.1, 0.15) is 13.8 Å². The summed E-state index contributed by atoms with van der Waals surface area (Å²) in [6, 6.07) is 17.1. The molecule has 0 saturated heterocycles. The number of nitrogens with zero attached hydrogens (tertiary/aromatic N) is 2. The molecule has 144 valence electrons. The van der Waals surface area contributed by atoms with E-state index in [0.717, 1.165) is 23.5 Å². The summed E-state index contributed by atoms with van der Waals surface area (Å²) in [5.41, 5.74) is 2.46. The highest BCUT2D eigenvalue weighted by molar-refractivity contribution is 5.77. The van der Waals surface area contributed by atoms with Gasteiger partial charge in [0.25, 0.3) is 0 Å². The van der Waals surface area contributed by atoms with Crippen LogP contribution in [-0.4, -0.2) is 27.8 Å². The minimum absolute atomic E-state index is 0.0332. The summed E-state index contributed by atoms with van der Waals surface area (Å²) in [6.07, 6.45) is -0.0685. The maximum Gasteiger partial charge on any atom is 0.511 e. The third-order valence-electron chi connectivity index (χ3n) is 3.87. The van der Waals surface area contributed by atoms with Crippen molar-refractivity contribution in [1.29, 1.82) is 0 Å². The highest BCUT2D eigenvalue weighted by Gasteiger charge is 2.14. The van der Waals surface area contributed by atoms with E-state index in [1.165, 1.54) is 6.20 Å². The van der Waals surface area contributed by atoms with E-state index in [2.05, 4.69) is 34.4 Å². The predicted octanol–water partition coefficient (Wildman–Crippen LogP) is 5.01. The third kappa shape index (κ3) is 4.97. The summed E-state index contributed by atoms with van der Waals surface area (Å²) < 4.78 is 4.86. The lowest BCUT2D eigenvalue weighted by molar-refractivity contribution is 0.144.